The summed E-state index contributed by atoms with van der Waals surface area (Å²) in [5.74, 6) is -5.41. The quantitative estimate of drug-likeness (QED) is 0.773. The number of nitrogens with one attached hydrogen (secondary N) is 2. The SMILES string of the molecule is Cc1ccc(OCC(=O)NCC(=O)Nc2ccc(F)c(F)c2F)cc1C. The molecular formula is C18H17F3N2O3. The van der Waals surface area contributed by atoms with E-state index in [1.165, 1.54) is 0 Å². The number of carbonyl (C=O) groups is 2. The van der Waals surface area contributed by atoms with Gasteiger partial charge in [-0.25, -0.2) is 13.2 Å². The Labute approximate surface area is 148 Å². The molecule has 0 atom stereocenters. The first-order valence-corrected chi connectivity index (χ1v) is 7.68. The maximum absolute atomic E-state index is 13.5. The molecule has 2 rings (SSSR count). The zero-order valence-electron chi connectivity index (χ0n) is 14.2. The maximum atomic E-state index is 13.5. The van der Waals surface area contributed by atoms with Crippen molar-refractivity contribution in [2.45, 2.75) is 13.8 Å². The van der Waals surface area contributed by atoms with Crippen LogP contribution in [0.1, 0.15) is 11.1 Å². The monoisotopic (exact) mass is 366 g/mol. The first-order chi connectivity index (χ1) is 12.3. The van der Waals surface area contributed by atoms with Gasteiger partial charge in [-0.3, -0.25) is 9.59 Å². The Kier molecular flexibility index (Phi) is 6.21. The van der Waals surface area contributed by atoms with Crippen molar-refractivity contribution in [3.05, 3.63) is 58.9 Å². The summed E-state index contributed by atoms with van der Waals surface area (Å²) in [5.41, 5.74) is 1.58. The van der Waals surface area contributed by atoms with Gasteiger partial charge in [-0.2, -0.15) is 0 Å². The highest BCUT2D eigenvalue weighted by atomic mass is 19.2. The van der Waals surface area contributed by atoms with Gasteiger partial charge in [-0.15, -0.1) is 0 Å². The number of halogens is 3. The van der Waals surface area contributed by atoms with Crippen molar-refractivity contribution >= 4 is 17.5 Å². The third kappa shape index (κ3) is 4.98. The second-order valence-corrected chi connectivity index (χ2v) is 5.58. The van der Waals surface area contributed by atoms with Crippen LogP contribution in [0.25, 0.3) is 0 Å². The van der Waals surface area contributed by atoms with Gasteiger partial charge in [0.2, 0.25) is 5.91 Å². The summed E-state index contributed by atoms with van der Waals surface area (Å²) in [4.78, 5) is 23.4. The molecule has 0 aliphatic rings. The summed E-state index contributed by atoms with van der Waals surface area (Å²) < 4.78 is 44.7. The summed E-state index contributed by atoms with van der Waals surface area (Å²) in [6, 6.07) is 6.92. The molecule has 138 valence electrons. The predicted molar refractivity (Wildman–Crippen MR) is 89.4 cm³/mol. The lowest BCUT2D eigenvalue weighted by Crippen LogP contribution is -2.36. The number of hydrogen-bond acceptors (Lipinski definition) is 3. The van der Waals surface area contributed by atoms with Crippen molar-refractivity contribution in [1.82, 2.24) is 5.32 Å². The van der Waals surface area contributed by atoms with Crippen molar-refractivity contribution in [1.29, 1.82) is 0 Å². The second-order valence-electron chi connectivity index (χ2n) is 5.58. The van der Waals surface area contributed by atoms with Gasteiger partial charge in [0.25, 0.3) is 5.91 Å². The molecule has 8 heteroatoms. The average molecular weight is 366 g/mol. The van der Waals surface area contributed by atoms with Crippen LogP contribution in [-0.2, 0) is 9.59 Å². The average Bonchev–Trinajstić information content (AvgIpc) is 2.61. The molecule has 5 nitrogen and oxygen atoms in total. The largest absolute Gasteiger partial charge is 0.484 e. The highest BCUT2D eigenvalue weighted by Crippen LogP contribution is 2.19. The molecule has 0 saturated carbocycles. The normalized spacial score (nSPS) is 10.3. The summed E-state index contributed by atoms with van der Waals surface area (Å²) in [6.07, 6.45) is 0. The third-order valence-corrected chi connectivity index (χ3v) is 3.60. The first kappa shape index (κ1) is 19.3. The van der Waals surface area contributed by atoms with E-state index in [1.54, 1.807) is 12.1 Å². The maximum Gasteiger partial charge on any atom is 0.258 e. The number of hydrogen-bond donors (Lipinski definition) is 2. The Morgan fingerprint density at radius 2 is 1.69 bits per heavy atom. The molecule has 0 fully saturated rings. The lowest BCUT2D eigenvalue weighted by atomic mass is 10.1. The summed E-state index contributed by atoms with van der Waals surface area (Å²) in [6.45, 7) is 3.06. The number of benzene rings is 2. The van der Waals surface area contributed by atoms with Gasteiger partial charge in [0.05, 0.1) is 12.2 Å². The van der Waals surface area contributed by atoms with Crippen molar-refractivity contribution in [3.8, 4) is 5.75 Å². The minimum absolute atomic E-state index is 0.310. The number of carbonyl (C=O) groups excluding carboxylic acids is 2. The molecule has 2 aromatic carbocycles. The Hall–Kier alpha value is -3.03. The van der Waals surface area contributed by atoms with Crippen LogP contribution in [-0.4, -0.2) is 25.0 Å². The van der Waals surface area contributed by atoms with E-state index in [4.69, 9.17) is 4.74 Å². The van der Waals surface area contributed by atoms with Crippen molar-refractivity contribution in [3.63, 3.8) is 0 Å². The van der Waals surface area contributed by atoms with Gasteiger partial charge >= 0.3 is 0 Å². The van der Waals surface area contributed by atoms with Crippen LogP contribution in [0.4, 0.5) is 18.9 Å². The van der Waals surface area contributed by atoms with E-state index in [2.05, 4.69) is 5.32 Å². The van der Waals surface area contributed by atoms with Crippen LogP contribution in [0.2, 0.25) is 0 Å². The van der Waals surface area contributed by atoms with Gasteiger partial charge in [-0.1, -0.05) is 6.07 Å². The number of ether oxygens (including phenoxy) is 1. The second kappa shape index (κ2) is 8.37. The molecule has 0 bridgehead atoms. The molecule has 26 heavy (non-hydrogen) atoms. The van der Waals surface area contributed by atoms with Crippen molar-refractivity contribution < 1.29 is 27.5 Å². The van der Waals surface area contributed by atoms with Crippen LogP contribution in [0.15, 0.2) is 30.3 Å². The molecule has 2 aromatic rings. The van der Waals surface area contributed by atoms with Crippen LogP contribution in [0.3, 0.4) is 0 Å². The van der Waals surface area contributed by atoms with Gasteiger partial charge < -0.3 is 15.4 Å². The fraction of sp³-hybridized carbons (Fsp3) is 0.222. The highest BCUT2D eigenvalue weighted by Gasteiger charge is 2.15. The van der Waals surface area contributed by atoms with Crippen LogP contribution < -0.4 is 15.4 Å². The molecule has 0 aliphatic carbocycles. The molecule has 0 spiro atoms. The topological polar surface area (TPSA) is 67.4 Å². The lowest BCUT2D eigenvalue weighted by molar-refractivity contribution is -0.125. The van der Waals surface area contributed by atoms with E-state index in [0.29, 0.717) is 11.8 Å². The van der Waals surface area contributed by atoms with E-state index < -0.39 is 41.5 Å². The summed E-state index contributed by atoms with van der Waals surface area (Å²) in [5, 5.41) is 4.32. The first-order valence-electron chi connectivity index (χ1n) is 7.68. The van der Waals surface area contributed by atoms with Crippen molar-refractivity contribution in [2.24, 2.45) is 0 Å². The molecule has 0 aromatic heterocycles. The molecule has 0 unspecified atom stereocenters. The van der Waals surface area contributed by atoms with E-state index in [0.717, 1.165) is 17.2 Å². The highest BCUT2D eigenvalue weighted by molar-refractivity contribution is 5.94. The fourth-order valence-electron chi connectivity index (χ4n) is 2.00. The number of anilines is 1. The number of amides is 2. The minimum atomic E-state index is -1.69. The van der Waals surface area contributed by atoms with Crippen LogP contribution in [0.5, 0.6) is 5.75 Å². The summed E-state index contributed by atoms with van der Waals surface area (Å²) in [7, 11) is 0. The molecule has 0 saturated heterocycles. The predicted octanol–water partition coefficient (Wildman–Crippen LogP) is 2.85. The molecule has 0 radical (unpaired) electrons. The zero-order valence-corrected chi connectivity index (χ0v) is 14.2. The minimum Gasteiger partial charge on any atom is -0.484 e. The smallest absolute Gasteiger partial charge is 0.258 e. The van der Waals surface area contributed by atoms with Crippen LogP contribution >= 0.6 is 0 Å². The van der Waals surface area contributed by atoms with E-state index in [9.17, 15) is 22.8 Å². The van der Waals surface area contributed by atoms with Crippen molar-refractivity contribution in [2.75, 3.05) is 18.5 Å². The molecule has 0 heterocycles. The van der Waals surface area contributed by atoms with Gasteiger partial charge in [0, 0.05) is 0 Å². The molecule has 2 N–H and O–H groups in total. The van der Waals surface area contributed by atoms with Gasteiger partial charge in [0.1, 0.15) is 5.75 Å². The number of rotatable bonds is 6. The van der Waals surface area contributed by atoms with E-state index in [-0.39, 0.29) is 6.61 Å². The lowest BCUT2D eigenvalue weighted by Gasteiger charge is -2.10. The zero-order chi connectivity index (χ0) is 19.3. The Balaban J connectivity index is 1.80. The van der Waals surface area contributed by atoms with Gasteiger partial charge in [-0.05, 0) is 49.2 Å². The Morgan fingerprint density at radius 1 is 0.962 bits per heavy atom. The van der Waals surface area contributed by atoms with Crippen LogP contribution in [0, 0.1) is 31.3 Å². The molecule has 2 amide bonds. The summed E-state index contributed by atoms with van der Waals surface area (Å²) >= 11 is 0. The Morgan fingerprint density at radius 3 is 2.38 bits per heavy atom. The molecule has 0 aliphatic heterocycles. The fourth-order valence-corrected chi connectivity index (χ4v) is 2.00. The standard InChI is InChI=1S/C18H17F3N2O3/c1-10-3-4-12(7-11(10)2)26-9-16(25)22-8-15(24)23-14-6-5-13(19)17(20)18(14)21/h3-7H,8-9H2,1-2H3,(H,22,25)(H,23,24). The van der Waals surface area contributed by atoms with Gasteiger partial charge in [0.15, 0.2) is 24.1 Å². The van der Waals surface area contributed by atoms with E-state index in [1.807, 2.05) is 25.2 Å². The van der Waals surface area contributed by atoms with E-state index >= 15 is 0 Å². The molecular weight excluding hydrogens is 349 g/mol. The number of aryl methyl sites for hydroxylation is 2. The Bertz CT molecular complexity index is 841. The third-order valence-electron chi connectivity index (χ3n) is 3.60.